The van der Waals surface area contributed by atoms with Crippen LogP contribution in [0.3, 0.4) is 0 Å². The van der Waals surface area contributed by atoms with E-state index in [1.54, 1.807) is 18.3 Å². The molecule has 1 amide bonds. The molecule has 0 aliphatic heterocycles. The van der Waals surface area contributed by atoms with Crippen molar-refractivity contribution in [3.05, 3.63) is 63.9 Å². The lowest BCUT2D eigenvalue weighted by Gasteiger charge is -2.03. The lowest BCUT2D eigenvalue weighted by atomic mass is 10.2. The zero-order valence-corrected chi connectivity index (χ0v) is 15.0. The standard InChI is InChI=1S/C18H17BrN4O/c1-3-23-12(2)21-16-10-13(8-9-17(16)23)18(24)22-20-11-14-6-4-5-7-15(14)19/h4-11H,3H2,1-2H3,(H,22,24)/b20-11-. The SMILES string of the molecule is CCn1c(C)nc2cc(C(=O)N/N=C\c3ccccc3Br)ccc21. The number of rotatable bonds is 4. The maximum Gasteiger partial charge on any atom is 0.271 e. The summed E-state index contributed by atoms with van der Waals surface area (Å²) >= 11 is 3.44. The molecule has 0 radical (unpaired) electrons. The van der Waals surface area contributed by atoms with Gasteiger partial charge in [-0.25, -0.2) is 10.4 Å². The smallest absolute Gasteiger partial charge is 0.271 e. The fourth-order valence-corrected chi connectivity index (χ4v) is 2.98. The molecule has 2 aromatic carbocycles. The van der Waals surface area contributed by atoms with Crippen LogP contribution in [0.25, 0.3) is 11.0 Å². The molecule has 1 heterocycles. The van der Waals surface area contributed by atoms with E-state index >= 15 is 0 Å². The molecule has 122 valence electrons. The molecule has 3 aromatic rings. The lowest BCUT2D eigenvalue weighted by Crippen LogP contribution is -2.17. The number of aryl methyl sites for hydroxylation is 2. The van der Waals surface area contributed by atoms with Crippen molar-refractivity contribution in [2.24, 2.45) is 5.10 Å². The largest absolute Gasteiger partial charge is 0.329 e. The molecule has 0 unspecified atom stereocenters. The van der Waals surface area contributed by atoms with Gasteiger partial charge in [-0.2, -0.15) is 5.10 Å². The van der Waals surface area contributed by atoms with Gasteiger partial charge in [-0.15, -0.1) is 0 Å². The monoisotopic (exact) mass is 384 g/mol. The van der Waals surface area contributed by atoms with Crippen molar-refractivity contribution in [3.8, 4) is 0 Å². The fraction of sp³-hybridized carbons (Fsp3) is 0.167. The average Bonchev–Trinajstić information content (AvgIpc) is 2.90. The summed E-state index contributed by atoms with van der Waals surface area (Å²) in [5.74, 6) is 0.681. The minimum Gasteiger partial charge on any atom is -0.329 e. The molecule has 0 spiro atoms. The van der Waals surface area contributed by atoms with Crippen LogP contribution in [0.5, 0.6) is 0 Å². The van der Waals surface area contributed by atoms with Crippen LogP contribution in [-0.4, -0.2) is 21.7 Å². The quantitative estimate of drug-likeness (QED) is 0.547. The highest BCUT2D eigenvalue weighted by Gasteiger charge is 2.10. The number of carbonyl (C=O) groups excluding carboxylic acids is 1. The van der Waals surface area contributed by atoms with Crippen molar-refractivity contribution < 1.29 is 4.79 Å². The Bertz CT molecular complexity index is 930. The Labute approximate surface area is 148 Å². The Morgan fingerprint density at radius 1 is 1.33 bits per heavy atom. The van der Waals surface area contributed by atoms with Gasteiger partial charge in [0.05, 0.1) is 17.2 Å². The number of hydrogen-bond acceptors (Lipinski definition) is 3. The molecular weight excluding hydrogens is 368 g/mol. The number of nitrogens with one attached hydrogen (secondary N) is 1. The normalized spacial score (nSPS) is 11.3. The topological polar surface area (TPSA) is 59.3 Å². The molecule has 1 N–H and O–H groups in total. The van der Waals surface area contributed by atoms with Gasteiger partial charge in [0.1, 0.15) is 5.82 Å². The van der Waals surface area contributed by atoms with E-state index in [-0.39, 0.29) is 5.91 Å². The number of fused-ring (bicyclic) bond motifs is 1. The third-order valence-corrected chi connectivity index (χ3v) is 4.51. The number of imidazole rings is 1. The summed E-state index contributed by atoms with van der Waals surface area (Å²) in [6, 6.07) is 13.2. The molecule has 0 saturated carbocycles. The van der Waals surface area contributed by atoms with E-state index in [9.17, 15) is 4.79 Å². The van der Waals surface area contributed by atoms with E-state index in [2.05, 4.69) is 42.9 Å². The minimum absolute atomic E-state index is 0.260. The summed E-state index contributed by atoms with van der Waals surface area (Å²) in [7, 11) is 0. The maximum absolute atomic E-state index is 12.3. The van der Waals surface area contributed by atoms with Gasteiger partial charge in [0.2, 0.25) is 0 Å². The first-order valence-corrected chi connectivity index (χ1v) is 8.44. The highest BCUT2D eigenvalue weighted by atomic mass is 79.9. The third kappa shape index (κ3) is 3.23. The Hall–Kier alpha value is -2.47. The summed E-state index contributed by atoms with van der Waals surface area (Å²) in [5, 5.41) is 4.02. The van der Waals surface area contributed by atoms with Crippen LogP contribution < -0.4 is 5.43 Å². The number of aromatic nitrogens is 2. The molecule has 6 heteroatoms. The molecule has 0 aliphatic rings. The van der Waals surface area contributed by atoms with Gasteiger partial charge < -0.3 is 4.57 Å². The van der Waals surface area contributed by atoms with Crippen LogP contribution in [0.1, 0.15) is 28.7 Å². The van der Waals surface area contributed by atoms with E-state index < -0.39 is 0 Å². The average molecular weight is 385 g/mol. The van der Waals surface area contributed by atoms with Gasteiger partial charge >= 0.3 is 0 Å². The second kappa shape index (κ2) is 6.97. The van der Waals surface area contributed by atoms with Crippen molar-refractivity contribution >= 4 is 39.1 Å². The van der Waals surface area contributed by atoms with Crippen LogP contribution in [-0.2, 0) is 6.54 Å². The van der Waals surface area contributed by atoms with Crippen molar-refractivity contribution in [1.82, 2.24) is 15.0 Å². The summed E-state index contributed by atoms with van der Waals surface area (Å²) in [6.45, 7) is 4.89. The Morgan fingerprint density at radius 2 is 2.12 bits per heavy atom. The molecular formula is C18H17BrN4O. The number of halogens is 1. The van der Waals surface area contributed by atoms with E-state index in [1.807, 2.05) is 37.3 Å². The zero-order valence-electron chi connectivity index (χ0n) is 13.5. The zero-order chi connectivity index (χ0) is 17.1. The number of amides is 1. The van der Waals surface area contributed by atoms with E-state index in [1.165, 1.54) is 0 Å². The molecule has 0 aliphatic carbocycles. The Balaban J connectivity index is 1.78. The van der Waals surface area contributed by atoms with Gasteiger partial charge in [0.25, 0.3) is 5.91 Å². The first-order valence-electron chi connectivity index (χ1n) is 7.65. The Morgan fingerprint density at radius 3 is 2.88 bits per heavy atom. The molecule has 0 atom stereocenters. The molecule has 0 fully saturated rings. The van der Waals surface area contributed by atoms with Crippen molar-refractivity contribution in [1.29, 1.82) is 0 Å². The van der Waals surface area contributed by atoms with E-state index in [0.717, 1.165) is 33.4 Å². The highest BCUT2D eigenvalue weighted by Crippen LogP contribution is 2.18. The third-order valence-electron chi connectivity index (χ3n) is 3.79. The summed E-state index contributed by atoms with van der Waals surface area (Å²) in [4.78, 5) is 16.8. The predicted octanol–water partition coefficient (Wildman–Crippen LogP) is 3.89. The molecule has 1 aromatic heterocycles. The van der Waals surface area contributed by atoms with Crippen molar-refractivity contribution in [2.45, 2.75) is 20.4 Å². The van der Waals surface area contributed by atoms with Crippen molar-refractivity contribution in [2.75, 3.05) is 0 Å². The molecule has 0 saturated heterocycles. The molecule has 24 heavy (non-hydrogen) atoms. The second-order valence-corrected chi connectivity index (χ2v) is 6.18. The van der Waals surface area contributed by atoms with Crippen molar-refractivity contribution in [3.63, 3.8) is 0 Å². The lowest BCUT2D eigenvalue weighted by molar-refractivity contribution is 0.0955. The molecule has 3 rings (SSSR count). The van der Waals surface area contributed by atoms with Crippen LogP contribution in [0.15, 0.2) is 52.0 Å². The minimum atomic E-state index is -0.260. The first-order chi connectivity index (χ1) is 11.6. The van der Waals surface area contributed by atoms with Crippen LogP contribution in [0.4, 0.5) is 0 Å². The molecule has 5 nitrogen and oxygen atoms in total. The molecule has 0 bridgehead atoms. The Kier molecular flexibility index (Phi) is 4.76. The predicted molar refractivity (Wildman–Crippen MR) is 99.3 cm³/mol. The highest BCUT2D eigenvalue weighted by molar-refractivity contribution is 9.10. The first kappa shape index (κ1) is 16.4. The van der Waals surface area contributed by atoms with Gasteiger partial charge in [-0.05, 0) is 38.1 Å². The number of benzene rings is 2. The second-order valence-electron chi connectivity index (χ2n) is 5.33. The van der Waals surface area contributed by atoms with Gasteiger partial charge in [-0.3, -0.25) is 4.79 Å². The van der Waals surface area contributed by atoms with Crippen LogP contribution in [0, 0.1) is 6.92 Å². The van der Waals surface area contributed by atoms with E-state index in [0.29, 0.717) is 5.56 Å². The number of hydrogen-bond donors (Lipinski definition) is 1. The number of hydrazone groups is 1. The number of nitrogens with zero attached hydrogens (tertiary/aromatic N) is 3. The van der Waals surface area contributed by atoms with Gasteiger partial charge in [0.15, 0.2) is 0 Å². The number of carbonyl (C=O) groups is 1. The van der Waals surface area contributed by atoms with E-state index in [4.69, 9.17) is 0 Å². The summed E-state index contributed by atoms with van der Waals surface area (Å²) < 4.78 is 3.03. The van der Waals surface area contributed by atoms with Gasteiger partial charge in [-0.1, -0.05) is 34.1 Å². The fourth-order valence-electron chi connectivity index (χ4n) is 2.60. The summed E-state index contributed by atoms with van der Waals surface area (Å²) in [6.07, 6.45) is 1.61. The summed E-state index contributed by atoms with van der Waals surface area (Å²) in [5.41, 5.74) is 5.83. The maximum atomic E-state index is 12.3. The van der Waals surface area contributed by atoms with Crippen LogP contribution >= 0.6 is 15.9 Å². The van der Waals surface area contributed by atoms with Gasteiger partial charge in [0, 0.05) is 22.1 Å². The van der Waals surface area contributed by atoms with Crippen LogP contribution in [0.2, 0.25) is 0 Å².